The zero-order valence-corrected chi connectivity index (χ0v) is 34.7. The summed E-state index contributed by atoms with van der Waals surface area (Å²) < 4.78 is 5.67. The van der Waals surface area contributed by atoms with Crippen LogP contribution < -0.4 is 20.3 Å². The molecule has 3 N–H and O–H groups in total. The van der Waals surface area contributed by atoms with Crippen LogP contribution in [0.5, 0.6) is 5.75 Å². The van der Waals surface area contributed by atoms with Gasteiger partial charge in [-0.3, -0.25) is 4.79 Å². The standard InChI is InChI=1S/C46H45Cl3N6O3/c1-27-9-8-20-55-43(33-14-12-29(47)24-35(33)49)34-23-30(48)25-37-40(34)41(44(55)39(27)28-10-4-3-5-11-28)42(51-37)45(56)52-36-26-32(58-2)13-15-38(36)53-21-16-31(17-22-53)50-46(57)54-18-6-7-19-54/h3-5,8,10-15,20,23-27,31,43,51H,6-7,9,16-19,21-22H2,1-2H3,(H,50,57)(H,52,56). The number of hydrogen-bond acceptors (Lipinski definition) is 5. The van der Waals surface area contributed by atoms with Gasteiger partial charge in [0.25, 0.3) is 5.91 Å². The van der Waals surface area contributed by atoms with E-state index in [4.69, 9.17) is 39.5 Å². The predicted molar refractivity (Wildman–Crippen MR) is 235 cm³/mol. The van der Waals surface area contributed by atoms with Crippen LogP contribution in [0.2, 0.25) is 15.1 Å². The van der Waals surface area contributed by atoms with Crippen molar-refractivity contribution < 1.29 is 14.3 Å². The van der Waals surface area contributed by atoms with Crippen LogP contribution in [0, 0.1) is 5.92 Å². The van der Waals surface area contributed by atoms with Gasteiger partial charge in [-0.25, -0.2) is 4.79 Å². The Morgan fingerprint density at radius 2 is 1.64 bits per heavy atom. The molecular weight excluding hydrogens is 791 g/mol. The first kappa shape index (κ1) is 38.4. The Labute approximate surface area is 353 Å². The molecule has 3 amide bonds. The van der Waals surface area contributed by atoms with Gasteiger partial charge in [0.1, 0.15) is 11.4 Å². The number of rotatable bonds is 7. The molecule has 0 aliphatic carbocycles. The molecule has 0 spiro atoms. The summed E-state index contributed by atoms with van der Waals surface area (Å²) >= 11 is 20.4. The number of piperidine rings is 1. The molecule has 1 aromatic heterocycles. The number of nitrogens with zero attached hydrogens (tertiary/aromatic N) is 3. The van der Waals surface area contributed by atoms with Crippen molar-refractivity contribution in [1.29, 1.82) is 0 Å². The van der Waals surface area contributed by atoms with Gasteiger partial charge < -0.3 is 35.1 Å². The van der Waals surface area contributed by atoms with E-state index in [1.807, 2.05) is 53.4 Å². The molecule has 4 aliphatic rings. The van der Waals surface area contributed by atoms with Crippen molar-refractivity contribution in [2.45, 2.75) is 51.1 Å². The number of benzene rings is 4. The summed E-state index contributed by atoms with van der Waals surface area (Å²) in [6, 6.07) is 25.4. The first-order chi connectivity index (χ1) is 28.2. The first-order valence-corrected chi connectivity index (χ1v) is 21.2. The van der Waals surface area contributed by atoms with Gasteiger partial charge >= 0.3 is 6.03 Å². The van der Waals surface area contributed by atoms with E-state index in [-0.39, 0.29) is 29.9 Å². The summed E-state index contributed by atoms with van der Waals surface area (Å²) in [5, 5.41) is 9.11. The monoisotopic (exact) mass is 834 g/mol. The van der Waals surface area contributed by atoms with Crippen molar-refractivity contribution in [3.05, 3.63) is 134 Å². The van der Waals surface area contributed by atoms with Crippen molar-refractivity contribution in [3.63, 3.8) is 0 Å². The Morgan fingerprint density at radius 1 is 0.862 bits per heavy atom. The number of allylic oxidation sites excluding steroid dienone is 2. The van der Waals surface area contributed by atoms with E-state index in [9.17, 15) is 4.79 Å². The summed E-state index contributed by atoms with van der Waals surface area (Å²) in [7, 11) is 1.62. The van der Waals surface area contributed by atoms with Gasteiger partial charge in [-0.15, -0.1) is 0 Å². The maximum Gasteiger partial charge on any atom is 0.317 e. The van der Waals surface area contributed by atoms with E-state index in [0.717, 1.165) is 108 Å². The Balaban J connectivity index is 1.15. The van der Waals surface area contributed by atoms with Crippen LogP contribution in [-0.2, 0) is 0 Å². The highest BCUT2D eigenvalue weighted by Gasteiger charge is 2.40. The van der Waals surface area contributed by atoms with E-state index in [0.29, 0.717) is 32.2 Å². The number of fused-ring (bicyclic) bond motifs is 2. The maximum absolute atomic E-state index is 15.1. The van der Waals surface area contributed by atoms with E-state index in [1.165, 1.54) is 0 Å². The largest absolute Gasteiger partial charge is 0.497 e. The van der Waals surface area contributed by atoms with Crippen LogP contribution in [0.3, 0.4) is 0 Å². The molecule has 5 heterocycles. The summed E-state index contributed by atoms with van der Waals surface area (Å²) in [5.74, 6) is 0.450. The van der Waals surface area contributed by atoms with E-state index in [2.05, 4.69) is 68.9 Å². The second-order valence-electron chi connectivity index (χ2n) is 15.7. The van der Waals surface area contributed by atoms with Crippen LogP contribution >= 0.6 is 34.8 Å². The SMILES string of the molecule is COc1ccc(N2CCC(NC(=O)N3CCCC3)CC2)c(NC(=O)c2[nH]c3cc(Cl)cc4c3c2C2=C(c3ccccc3)C(C)CC=CN2C4c2ccc(Cl)cc2Cl)c1. The van der Waals surface area contributed by atoms with Gasteiger partial charge in [0.15, 0.2) is 0 Å². The van der Waals surface area contributed by atoms with Crippen molar-refractivity contribution in [1.82, 2.24) is 20.1 Å². The fraction of sp³-hybridized carbons (Fsp3) is 0.304. The van der Waals surface area contributed by atoms with Crippen LogP contribution in [0.15, 0.2) is 91.1 Å². The molecule has 0 saturated carbocycles. The molecule has 2 unspecified atom stereocenters. The number of carbonyl (C=O) groups excluding carboxylic acids is 2. The maximum atomic E-state index is 15.1. The first-order valence-electron chi connectivity index (χ1n) is 20.0. The lowest BCUT2D eigenvalue weighted by atomic mass is 9.82. The Morgan fingerprint density at radius 3 is 2.38 bits per heavy atom. The summed E-state index contributed by atoms with van der Waals surface area (Å²) in [6.07, 6.45) is 8.83. The molecule has 2 fully saturated rings. The average molecular weight is 836 g/mol. The molecule has 2 atom stereocenters. The van der Waals surface area contributed by atoms with Crippen LogP contribution in [-0.4, -0.2) is 66.1 Å². The topological polar surface area (TPSA) is 92.9 Å². The minimum atomic E-state index is -0.367. The number of likely N-dealkylation sites (tertiary alicyclic amines) is 1. The number of aromatic nitrogens is 1. The third kappa shape index (κ3) is 7.07. The molecule has 9 nitrogen and oxygen atoms in total. The number of hydrogen-bond donors (Lipinski definition) is 3. The summed E-state index contributed by atoms with van der Waals surface area (Å²) in [5.41, 5.74) is 8.43. The highest BCUT2D eigenvalue weighted by Crippen LogP contribution is 2.54. The van der Waals surface area contributed by atoms with E-state index < -0.39 is 0 Å². The van der Waals surface area contributed by atoms with Crippen molar-refractivity contribution >= 4 is 80.3 Å². The average Bonchev–Trinajstić information content (AvgIpc) is 3.86. The normalized spacial score (nSPS) is 19.4. The zero-order valence-electron chi connectivity index (χ0n) is 32.5. The molecule has 9 rings (SSSR count). The minimum Gasteiger partial charge on any atom is -0.497 e. The van der Waals surface area contributed by atoms with Gasteiger partial charge in [-0.1, -0.05) is 84.2 Å². The Kier molecular flexibility index (Phi) is 10.6. The third-order valence-electron chi connectivity index (χ3n) is 12.0. The molecular formula is C46H45Cl3N6O3. The summed E-state index contributed by atoms with van der Waals surface area (Å²) in [4.78, 5) is 37.9. The highest BCUT2D eigenvalue weighted by molar-refractivity contribution is 6.35. The molecule has 2 saturated heterocycles. The summed E-state index contributed by atoms with van der Waals surface area (Å²) in [6.45, 7) is 5.32. The molecule has 58 heavy (non-hydrogen) atoms. The smallest absolute Gasteiger partial charge is 0.317 e. The lowest BCUT2D eigenvalue weighted by molar-refractivity contribution is 0.102. The number of ether oxygens (including phenoxy) is 1. The molecule has 12 heteroatoms. The van der Waals surface area contributed by atoms with E-state index >= 15 is 4.79 Å². The minimum absolute atomic E-state index is 0.0327. The fourth-order valence-electron chi connectivity index (χ4n) is 9.26. The second-order valence-corrected chi connectivity index (χ2v) is 16.9. The van der Waals surface area contributed by atoms with Gasteiger partial charge in [0, 0.05) is 76.0 Å². The second kappa shape index (κ2) is 15.9. The van der Waals surface area contributed by atoms with Crippen molar-refractivity contribution in [2.75, 3.05) is 43.5 Å². The molecule has 5 aromatic rings. The molecule has 4 aromatic carbocycles. The zero-order chi connectivity index (χ0) is 40.1. The molecule has 0 bridgehead atoms. The molecule has 298 valence electrons. The number of aromatic amines is 1. The van der Waals surface area contributed by atoms with Gasteiger partial charge in [0.05, 0.1) is 30.2 Å². The predicted octanol–water partition coefficient (Wildman–Crippen LogP) is 11.0. The number of H-pyrrole nitrogens is 1. The van der Waals surface area contributed by atoms with Crippen LogP contribution in [0.1, 0.15) is 77.8 Å². The number of nitrogens with one attached hydrogen (secondary N) is 3. The van der Waals surface area contributed by atoms with Crippen molar-refractivity contribution in [3.8, 4) is 5.75 Å². The van der Waals surface area contributed by atoms with Gasteiger partial charge in [-0.2, -0.15) is 0 Å². The van der Waals surface area contributed by atoms with Gasteiger partial charge in [0.2, 0.25) is 0 Å². The fourth-order valence-corrected chi connectivity index (χ4v) is 9.99. The quantitative estimate of drug-likeness (QED) is 0.152. The lowest BCUT2D eigenvalue weighted by Gasteiger charge is -2.39. The number of halogens is 3. The van der Waals surface area contributed by atoms with Crippen LogP contribution in [0.4, 0.5) is 16.2 Å². The molecule has 0 radical (unpaired) electrons. The Bertz CT molecular complexity index is 2470. The van der Waals surface area contributed by atoms with Crippen molar-refractivity contribution in [2.24, 2.45) is 5.92 Å². The molecule has 4 aliphatic heterocycles. The third-order valence-corrected chi connectivity index (χ3v) is 12.8. The number of urea groups is 1. The number of amides is 3. The lowest BCUT2D eigenvalue weighted by Crippen LogP contribution is -2.48. The number of carbonyl (C=O) groups is 2. The number of anilines is 2. The highest BCUT2D eigenvalue weighted by atomic mass is 35.5. The number of methoxy groups -OCH3 is 1. The van der Waals surface area contributed by atoms with E-state index in [1.54, 1.807) is 13.2 Å². The Hall–Kier alpha value is -5.09. The van der Waals surface area contributed by atoms with Gasteiger partial charge in [-0.05, 0) is 96.7 Å². The van der Waals surface area contributed by atoms with Crippen LogP contribution in [0.25, 0.3) is 22.2 Å².